The lowest BCUT2D eigenvalue weighted by Crippen LogP contribution is -2.42. The number of nitrogens with one attached hydrogen (secondary N) is 2. The van der Waals surface area contributed by atoms with Crippen LogP contribution in [0.5, 0.6) is 0 Å². The summed E-state index contributed by atoms with van der Waals surface area (Å²) in [7, 11) is 0. The van der Waals surface area contributed by atoms with Gasteiger partial charge >= 0.3 is 0 Å². The second-order valence-electron chi connectivity index (χ2n) is 6.14. The molecule has 1 saturated carbocycles. The Morgan fingerprint density at radius 3 is 2.41 bits per heavy atom. The molecule has 4 heteroatoms. The number of halogens is 1. The van der Waals surface area contributed by atoms with E-state index in [4.69, 9.17) is 0 Å². The molecule has 2 rings (SSSR count). The smallest absolute Gasteiger partial charge is 0.224 e. The normalized spacial score (nSPS) is 28.5. The quantitative estimate of drug-likeness (QED) is 0.799. The zero-order valence-electron chi connectivity index (χ0n) is 10.9. The lowest BCUT2D eigenvalue weighted by atomic mass is 9.75. The summed E-state index contributed by atoms with van der Waals surface area (Å²) >= 11 is 0. The van der Waals surface area contributed by atoms with E-state index in [0.717, 1.165) is 32.4 Å². The number of amides is 1. The van der Waals surface area contributed by atoms with Gasteiger partial charge in [0.2, 0.25) is 5.91 Å². The Morgan fingerprint density at radius 2 is 1.88 bits per heavy atom. The highest BCUT2D eigenvalue weighted by Gasteiger charge is 2.29. The summed E-state index contributed by atoms with van der Waals surface area (Å²) in [6, 6.07) is 0.432. The average Bonchev–Trinajstić information content (AvgIpc) is 2.74. The number of hydrogen-bond acceptors (Lipinski definition) is 2. The minimum atomic E-state index is 0. The van der Waals surface area contributed by atoms with Crippen LogP contribution in [0.15, 0.2) is 0 Å². The van der Waals surface area contributed by atoms with E-state index in [1.165, 1.54) is 12.8 Å². The molecule has 1 unspecified atom stereocenters. The molecule has 0 spiro atoms. The molecule has 1 saturated heterocycles. The summed E-state index contributed by atoms with van der Waals surface area (Å²) in [5.74, 6) is 0.490. The van der Waals surface area contributed by atoms with Gasteiger partial charge < -0.3 is 10.6 Å². The average molecular weight is 261 g/mol. The molecule has 1 atom stereocenters. The highest BCUT2D eigenvalue weighted by Crippen LogP contribution is 2.35. The van der Waals surface area contributed by atoms with Gasteiger partial charge in [0.05, 0.1) is 5.92 Å². The number of rotatable bonds is 2. The highest BCUT2D eigenvalue weighted by atomic mass is 35.5. The van der Waals surface area contributed by atoms with Gasteiger partial charge in [0.15, 0.2) is 0 Å². The van der Waals surface area contributed by atoms with Crippen molar-refractivity contribution in [2.45, 2.75) is 52.0 Å². The zero-order chi connectivity index (χ0) is 11.6. The second kappa shape index (κ2) is 6.05. The van der Waals surface area contributed by atoms with E-state index in [2.05, 4.69) is 24.5 Å². The van der Waals surface area contributed by atoms with Crippen LogP contribution in [0.1, 0.15) is 46.0 Å². The van der Waals surface area contributed by atoms with Crippen LogP contribution >= 0.6 is 12.4 Å². The van der Waals surface area contributed by atoms with E-state index in [0.29, 0.717) is 11.5 Å². The Kier molecular flexibility index (Phi) is 5.26. The first kappa shape index (κ1) is 14.8. The summed E-state index contributed by atoms with van der Waals surface area (Å²) in [5.41, 5.74) is 0.482. The third-order valence-electron chi connectivity index (χ3n) is 4.12. The molecular weight excluding hydrogens is 236 g/mol. The molecule has 0 aromatic rings. The van der Waals surface area contributed by atoms with Crippen LogP contribution < -0.4 is 10.6 Å². The predicted molar refractivity (Wildman–Crippen MR) is 72.4 cm³/mol. The van der Waals surface area contributed by atoms with Crippen molar-refractivity contribution in [1.29, 1.82) is 0 Å². The summed E-state index contributed by atoms with van der Waals surface area (Å²) in [5, 5.41) is 6.46. The first-order valence-electron chi connectivity index (χ1n) is 6.58. The second-order valence-corrected chi connectivity index (χ2v) is 6.14. The first-order valence-corrected chi connectivity index (χ1v) is 6.58. The maximum absolute atomic E-state index is 11.9. The van der Waals surface area contributed by atoms with Gasteiger partial charge in [0, 0.05) is 12.6 Å². The van der Waals surface area contributed by atoms with Crippen LogP contribution in [0, 0.1) is 11.3 Å². The van der Waals surface area contributed by atoms with Gasteiger partial charge in [0.1, 0.15) is 0 Å². The van der Waals surface area contributed by atoms with Crippen molar-refractivity contribution in [1.82, 2.24) is 10.6 Å². The van der Waals surface area contributed by atoms with Crippen LogP contribution in [-0.2, 0) is 4.79 Å². The van der Waals surface area contributed by atoms with E-state index < -0.39 is 0 Å². The molecule has 1 amide bonds. The molecule has 0 aromatic carbocycles. The fourth-order valence-electron chi connectivity index (χ4n) is 2.74. The Labute approximate surface area is 111 Å². The van der Waals surface area contributed by atoms with E-state index in [1.54, 1.807) is 0 Å². The topological polar surface area (TPSA) is 41.1 Å². The number of hydrogen-bond donors (Lipinski definition) is 2. The number of carbonyl (C=O) groups excluding carboxylic acids is 1. The Hall–Kier alpha value is -0.280. The lowest BCUT2D eigenvalue weighted by molar-refractivity contribution is -0.125. The van der Waals surface area contributed by atoms with Gasteiger partial charge in [-0.1, -0.05) is 13.8 Å². The van der Waals surface area contributed by atoms with Crippen molar-refractivity contribution >= 4 is 18.3 Å². The highest BCUT2D eigenvalue weighted by molar-refractivity contribution is 5.85. The van der Waals surface area contributed by atoms with Gasteiger partial charge in [-0.3, -0.25) is 4.79 Å². The van der Waals surface area contributed by atoms with E-state index in [9.17, 15) is 4.79 Å². The molecule has 17 heavy (non-hydrogen) atoms. The maximum Gasteiger partial charge on any atom is 0.224 e. The van der Waals surface area contributed by atoms with Crippen LogP contribution in [0.25, 0.3) is 0 Å². The maximum atomic E-state index is 11.9. The molecule has 1 aliphatic heterocycles. The number of carbonyl (C=O) groups is 1. The molecule has 0 radical (unpaired) electrons. The summed E-state index contributed by atoms with van der Waals surface area (Å²) in [4.78, 5) is 11.9. The predicted octanol–water partition coefficient (Wildman–Crippen LogP) is 2.10. The van der Waals surface area contributed by atoms with Gasteiger partial charge in [-0.15, -0.1) is 12.4 Å². The van der Waals surface area contributed by atoms with Gasteiger partial charge in [0.25, 0.3) is 0 Å². The molecular formula is C13H25ClN2O. The Bertz CT molecular complexity index is 252. The van der Waals surface area contributed by atoms with Crippen molar-refractivity contribution in [2.75, 3.05) is 13.1 Å². The van der Waals surface area contributed by atoms with Crippen molar-refractivity contribution in [2.24, 2.45) is 11.3 Å². The summed E-state index contributed by atoms with van der Waals surface area (Å²) in [6.07, 6.45) is 5.78. The van der Waals surface area contributed by atoms with Gasteiger partial charge in [-0.25, -0.2) is 0 Å². The molecule has 0 bridgehead atoms. The summed E-state index contributed by atoms with van der Waals surface area (Å²) in [6.45, 7) is 6.51. The standard InChI is InChI=1S/C13H24N2O.ClH/c1-13(2)6-3-11(4-7-13)15-12(16)10-5-8-14-9-10;/h10-11,14H,3-9H2,1-2H3,(H,15,16);1H. The third kappa shape index (κ3) is 4.14. The van der Waals surface area contributed by atoms with Crippen molar-refractivity contribution < 1.29 is 4.79 Å². The van der Waals surface area contributed by atoms with Crippen LogP contribution in [0.4, 0.5) is 0 Å². The summed E-state index contributed by atoms with van der Waals surface area (Å²) < 4.78 is 0. The SMILES string of the molecule is CC1(C)CCC(NC(=O)C2CCNC2)CC1.Cl. The van der Waals surface area contributed by atoms with E-state index in [1.807, 2.05) is 0 Å². The van der Waals surface area contributed by atoms with E-state index in [-0.39, 0.29) is 24.2 Å². The van der Waals surface area contributed by atoms with Crippen LogP contribution in [0.2, 0.25) is 0 Å². The van der Waals surface area contributed by atoms with Gasteiger partial charge in [-0.2, -0.15) is 0 Å². The van der Waals surface area contributed by atoms with Crippen molar-refractivity contribution in [3.05, 3.63) is 0 Å². The minimum Gasteiger partial charge on any atom is -0.353 e. The molecule has 1 heterocycles. The Balaban J connectivity index is 0.00000144. The first-order chi connectivity index (χ1) is 7.57. The minimum absolute atomic E-state index is 0. The third-order valence-corrected chi connectivity index (χ3v) is 4.12. The fraction of sp³-hybridized carbons (Fsp3) is 0.923. The molecule has 3 nitrogen and oxygen atoms in total. The molecule has 2 fully saturated rings. The van der Waals surface area contributed by atoms with Gasteiger partial charge in [-0.05, 0) is 44.1 Å². The lowest BCUT2D eigenvalue weighted by Gasteiger charge is -2.35. The largest absolute Gasteiger partial charge is 0.353 e. The molecule has 1 aliphatic carbocycles. The van der Waals surface area contributed by atoms with E-state index >= 15 is 0 Å². The molecule has 2 N–H and O–H groups in total. The van der Waals surface area contributed by atoms with Crippen LogP contribution in [0.3, 0.4) is 0 Å². The van der Waals surface area contributed by atoms with Crippen LogP contribution in [-0.4, -0.2) is 25.0 Å². The van der Waals surface area contributed by atoms with Crippen molar-refractivity contribution in [3.8, 4) is 0 Å². The molecule has 2 aliphatic rings. The van der Waals surface area contributed by atoms with Crippen molar-refractivity contribution in [3.63, 3.8) is 0 Å². The Morgan fingerprint density at radius 1 is 1.24 bits per heavy atom. The zero-order valence-corrected chi connectivity index (χ0v) is 11.7. The fourth-order valence-corrected chi connectivity index (χ4v) is 2.74. The molecule has 100 valence electrons. The monoisotopic (exact) mass is 260 g/mol. The molecule has 0 aromatic heterocycles.